The van der Waals surface area contributed by atoms with Crippen LogP contribution in [0.1, 0.15) is 11.1 Å². The Morgan fingerprint density at radius 1 is 0.966 bits per heavy atom. The summed E-state index contributed by atoms with van der Waals surface area (Å²) in [5, 5.41) is 0. The van der Waals surface area contributed by atoms with E-state index in [1.807, 2.05) is 47.4 Å². The molecule has 29 heavy (non-hydrogen) atoms. The van der Waals surface area contributed by atoms with E-state index in [-0.39, 0.29) is 5.91 Å². The molecule has 3 rings (SSSR count). The Labute approximate surface area is 172 Å². The van der Waals surface area contributed by atoms with E-state index >= 15 is 0 Å². The molecular weight excluding hydrogens is 364 g/mol. The molecule has 0 aromatic heterocycles. The van der Waals surface area contributed by atoms with Gasteiger partial charge in [-0.25, -0.2) is 0 Å². The van der Waals surface area contributed by atoms with Crippen molar-refractivity contribution in [3.8, 4) is 11.5 Å². The van der Waals surface area contributed by atoms with Crippen LogP contribution in [0, 0.1) is 0 Å². The van der Waals surface area contributed by atoms with Gasteiger partial charge in [0, 0.05) is 6.08 Å². The zero-order chi connectivity index (χ0) is 20.5. The Bertz CT molecular complexity index is 854. The summed E-state index contributed by atoms with van der Waals surface area (Å²) in [4.78, 5) is 15.9. The van der Waals surface area contributed by atoms with Crippen LogP contribution in [-0.2, 0) is 4.79 Å². The molecule has 0 atom stereocenters. The summed E-state index contributed by atoms with van der Waals surface area (Å²) < 4.78 is 10.6. The standard InChI is InChI=1S/C24H28N2O3/c1-28-22-12-10-21(19-23(22)29-2)11-13-24(27)26-17-15-25(16-18-26)14-6-9-20-7-4-3-5-8-20/h3-13,19H,14-18H2,1-2H3/p+1/b9-6+,13-11+. The van der Waals surface area contributed by atoms with Crippen LogP contribution in [0.2, 0.25) is 0 Å². The summed E-state index contributed by atoms with van der Waals surface area (Å²) in [6.07, 6.45) is 7.85. The van der Waals surface area contributed by atoms with Gasteiger partial charge in [0.15, 0.2) is 11.5 Å². The fourth-order valence-corrected chi connectivity index (χ4v) is 3.40. The largest absolute Gasteiger partial charge is 0.493 e. The molecular formula is C24H29N2O3+. The third-order valence-corrected chi connectivity index (χ3v) is 5.12. The zero-order valence-electron chi connectivity index (χ0n) is 17.1. The highest BCUT2D eigenvalue weighted by molar-refractivity contribution is 5.91. The van der Waals surface area contributed by atoms with Crippen molar-refractivity contribution in [3.63, 3.8) is 0 Å². The molecule has 0 radical (unpaired) electrons. The number of carbonyl (C=O) groups excluding carboxylic acids is 1. The van der Waals surface area contributed by atoms with E-state index in [2.05, 4.69) is 24.3 Å². The molecule has 1 saturated heterocycles. The van der Waals surface area contributed by atoms with Gasteiger partial charge in [-0.2, -0.15) is 0 Å². The number of piperazine rings is 1. The van der Waals surface area contributed by atoms with Crippen LogP contribution in [0.25, 0.3) is 12.2 Å². The minimum Gasteiger partial charge on any atom is -0.493 e. The van der Waals surface area contributed by atoms with Gasteiger partial charge in [0.1, 0.15) is 0 Å². The average molecular weight is 394 g/mol. The lowest BCUT2D eigenvalue weighted by atomic mass is 10.2. The lowest BCUT2D eigenvalue weighted by molar-refractivity contribution is -0.898. The van der Waals surface area contributed by atoms with Gasteiger partial charge in [-0.3, -0.25) is 4.79 Å². The molecule has 1 aliphatic heterocycles. The maximum absolute atomic E-state index is 12.5. The maximum atomic E-state index is 12.5. The second kappa shape index (κ2) is 10.5. The summed E-state index contributed by atoms with van der Waals surface area (Å²) in [7, 11) is 3.21. The normalized spacial score (nSPS) is 15.2. The average Bonchev–Trinajstić information content (AvgIpc) is 2.78. The number of hydrogen-bond acceptors (Lipinski definition) is 3. The second-order valence-electron chi connectivity index (χ2n) is 7.04. The smallest absolute Gasteiger partial charge is 0.246 e. The van der Waals surface area contributed by atoms with Crippen molar-refractivity contribution in [1.29, 1.82) is 0 Å². The minimum absolute atomic E-state index is 0.0543. The molecule has 2 aromatic rings. The lowest BCUT2D eigenvalue weighted by Crippen LogP contribution is -3.14. The van der Waals surface area contributed by atoms with Gasteiger partial charge in [0.05, 0.1) is 46.9 Å². The number of carbonyl (C=O) groups is 1. The first-order valence-electron chi connectivity index (χ1n) is 9.94. The van der Waals surface area contributed by atoms with E-state index in [1.165, 1.54) is 10.5 Å². The fourth-order valence-electron chi connectivity index (χ4n) is 3.40. The number of quaternary nitrogens is 1. The number of nitrogens with one attached hydrogen (secondary N) is 1. The van der Waals surface area contributed by atoms with Crippen LogP contribution < -0.4 is 14.4 Å². The molecule has 0 spiro atoms. The predicted octanol–water partition coefficient (Wildman–Crippen LogP) is 2.16. The van der Waals surface area contributed by atoms with Crippen molar-refractivity contribution in [1.82, 2.24) is 4.90 Å². The van der Waals surface area contributed by atoms with Crippen LogP contribution in [0.5, 0.6) is 11.5 Å². The maximum Gasteiger partial charge on any atom is 0.246 e. The minimum atomic E-state index is 0.0543. The van der Waals surface area contributed by atoms with Gasteiger partial charge >= 0.3 is 0 Å². The molecule has 0 aliphatic carbocycles. The van der Waals surface area contributed by atoms with Crippen molar-refractivity contribution in [2.45, 2.75) is 0 Å². The number of nitrogens with zero attached hydrogens (tertiary/aromatic N) is 1. The summed E-state index contributed by atoms with van der Waals surface area (Å²) in [5.41, 5.74) is 2.13. The summed E-state index contributed by atoms with van der Waals surface area (Å²) in [6.45, 7) is 4.48. The molecule has 0 saturated carbocycles. The third-order valence-electron chi connectivity index (χ3n) is 5.12. The number of benzene rings is 2. The second-order valence-corrected chi connectivity index (χ2v) is 7.04. The molecule has 1 fully saturated rings. The zero-order valence-corrected chi connectivity index (χ0v) is 17.1. The summed E-state index contributed by atoms with van der Waals surface area (Å²) in [5.74, 6) is 1.39. The van der Waals surface area contributed by atoms with Gasteiger partial charge in [-0.15, -0.1) is 0 Å². The quantitative estimate of drug-likeness (QED) is 0.733. The molecule has 0 bridgehead atoms. The van der Waals surface area contributed by atoms with Gasteiger partial charge in [-0.05, 0) is 35.4 Å². The molecule has 0 unspecified atom stereocenters. The Morgan fingerprint density at radius 3 is 2.38 bits per heavy atom. The molecule has 1 heterocycles. The Hall–Kier alpha value is -3.05. The lowest BCUT2D eigenvalue weighted by Gasteiger charge is -2.31. The Balaban J connectivity index is 1.47. The molecule has 1 aliphatic rings. The predicted molar refractivity (Wildman–Crippen MR) is 116 cm³/mol. The van der Waals surface area contributed by atoms with Gasteiger partial charge < -0.3 is 19.3 Å². The topological polar surface area (TPSA) is 43.2 Å². The van der Waals surface area contributed by atoms with E-state index in [0.717, 1.165) is 38.3 Å². The van der Waals surface area contributed by atoms with Gasteiger partial charge in [0.2, 0.25) is 5.91 Å². The molecule has 5 nitrogen and oxygen atoms in total. The SMILES string of the molecule is COc1ccc(/C=C/C(=O)N2CC[NH+](C/C=C/c3ccccc3)CC2)cc1OC. The Kier molecular flexibility index (Phi) is 7.47. The van der Waals surface area contributed by atoms with Gasteiger partial charge in [-0.1, -0.05) is 42.5 Å². The highest BCUT2D eigenvalue weighted by atomic mass is 16.5. The molecule has 5 heteroatoms. The number of rotatable bonds is 7. The van der Waals surface area contributed by atoms with Crippen LogP contribution in [0.3, 0.4) is 0 Å². The first kappa shape index (κ1) is 20.7. The molecule has 1 amide bonds. The number of hydrogen-bond donors (Lipinski definition) is 1. The molecule has 152 valence electrons. The van der Waals surface area contributed by atoms with Crippen molar-refractivity contribution in [2.75, 3.05) is 46.9 Å². The number of methoxy groups -OCH3 is 2. The van der Waals surface area contributed by atoms with Crippen LogP contribution in [0.4, 0.5) is 0 Å². The van der Waals surface area contributed by atoms with E-state index in [9.17, 15) is 4.79 Å². The summed E-state index contributed by atoms with van der Waals surface area (Å²) >= 11 is 0. The number of ether oxygens (including phenoxy) is 2. The van der Waals surface area contributed by atoms with Gasteiger partial charge in [0.25, 0.3) is 0 Å². The van der Waals surface area contributed by atoms with Crippen LogP contribution in [-0.4, -0.2) is 57.8 Å². The monoisotopic (exact) mass is 393 g/mol. The molecule has 2 aromatic carbocycles. The van der Waals surface area contributed by atoms with E-state index in [0.29, 0.717) is 11.5 Å². The summed E-state index contributed by atoms with van der Waals surface area (Å²) in [6, 6.07) is 15.9. The highest BCUT2D eigenvalue weighted by Gasteiger charge is 2.21. The first-order valence-corrected chi connectivity index (χ1v) is 9.94. The highest BCUT2D eigenvalue weighted by Crippen LogP contribution is 2.27. The third kappa shape index (κ3) is 5.96. The first-order chi connectivity index (χ1) is 14.2. The van der Waals surface area contributed by atoms with Crippen LogP contribution >= 0.6 is 0 Å². The van der Waals surface area contributed by atoms with E-state index in [4.69, 9.17) is 9.47 Å². The van der Waals surface area contributed by atoms with Crippen molar-refractivity contribution >= 4 is 18.1 Å². The van der Waals surface area contributed by atoms with Crippen LogP contribution in [0.15, 0.2) is 60.7 Å². The fraction of sp³-hybridized carbons (Fsp3) is 0.292. The number of amides is 1. The van der Waals surface area contributed by atoms with E-state index < -0.39 is 0 Å². The van der Waals surface area contributed by atoms with Crippen molar-refractivity contribution in [3.05, 3.63) is 71.8 Å². The van der Waals surface area contributed by atoms with Crippen molar-refractivity contribution in [2.24, 2.45) is 0 Å². The van der Waals surface area contributed by atoms with Crippen molar-refractivity contribution < 1.29 is 19.2 Å². The van der Waals surface area contributed by atoms with E-state index in [1.54, 1.807) is 20.3 Å². The molecule has 1 N–H and O–H groups in total. The Morgan fingerprint density at radius 2 is 1.69 bits per heavy atom.